The fourth-order valence-corrected chi connectivity index (χ4v) is 1.80. The van der Waals surface area contributed by atoms with Crippen LogP contribution in [0.3, 0.4) is 0 Å². The van der Waals surface area contributed by atoms with Gasteiger partial charge in [0, 0.05) is 6.20 Å². The minimum absolute atomic E-state index is 0.136. The highest BCUT2D eigenvalue weighted by molar-refractivity contribution is 5.89. The van der Waals surface area contributed by atoms with Gasteiger partial charge in [-0.1, -0.05) is 12.1 Å². The second-order valence-corrected chi connectivity index (χ2v) is 4.52. The van der Waals surface area contributed by atoms with Crippen LogP contribution in [-0.4, -0.2) is 24.6 Å². The average molecular weight is 286 g/mol. The number of amides is 1. The summed E-state index contributed by atoms with van der Waals surface area (Å²) in [6.45, 7) is 2.22. The zero-order valence-electron chi connectivity index (χ0n) is 12.1. The number of nitrogens with one attached hydrogen (secondary N) is 1. The Balaban J connectivity index is 1.82. The first-order valence-corrected chi connectivity index (χ1v) is 6.67. The van der Waals surface area contributed by atoms with Crippen LogP contribution in [0, 0.1) is 6.92 Å². The minimum atomic E-state index is -0.136. The number of anilines is 1. The van der Waals surface area contributed by atoms with Crippen LogP contribution >= 0.6 is 0 Å². The third-order valence-electron chi connectivity index (χ3n) is 2.84. The largest absolute Gasteiger partial charge is 0.493 e. The predicted octanol–water partition coefficient (Wildman–Crippen LogP) is 2.81. The van der Waals surface area contributed by atoms with E-state index >= 15 is 0 Å². The van der Waals surface area contributed by atoms with Crippen LogP contribution in [-0.2, 0) is 4.79 Å². The number of hydrogen-bond donors (Lipinski definition) is 1. The van der Waals surface area contributed by atoms with Crippen molar-refractivity contribution in [2.24, 2.45) is 0 Å². The molecule has 0 atom stereocenters. The van der Waals surface area contributed by atoms with Gasteiger partial charge in [-0.05, 0) is 36.8 Å². The molecule has 0 bridgehead atoms. The molecule has 5 nitrogen and oxygen atoms in total. The molecule has 2 rings (SSSR count). The van der Waals surface area contributed by atoms with Gasteiger partial charge in [0.15, 0.2) is 11.5 Å². The van der Waals surface area contributed by atoms with E-state index in [0.717, 1.165) is 5.56 Å². The zero-order valence-corrected chi connectivity index (χ0v) is 12.1. The summed E-state index contributed by atoms with van der Waals surface area (Å²) in [7, 11) is 1.58. The molecule has 2 aromatic rings. The molecule has 0 saturated carbocycles. The highest BCUT2D eigenvalue weighted by Crippen LogP contribution is 2.25. The summed E-state index contributed by atoms with van der Waals surface area (Å²) in [5.41, 5.74) is 1.05. The van der Waals surface area contributed by atoms with Crippen molar-refractivity contribution in [2.75, 3.05) is 19.0 Å². The van der Waals surface area contributed by atoms with E-state index in [9.17, 15) is 4.79 Å². The van der Waals surface area contributed by atoms with Gasteiger partial charge in [0.1, 0.15) is 5.82 Å². The normalized spacial score (nSPS) is 10.0. The van der Waals surface area contributed by atoms with E-state index in [1.54, 1.807) is 19.4 Å². The van der Waals surface area contributed by atoms with Gasteiger partial charge in [0.05, 0.1) is 20.1 Å². The fraction of sp³-hybridized carbons (Fsp3) is 0.250. The number of aryl methyl sites for hydroxylation is 1. The SMILES string of the molecule is COc1ccccc1OCCC(=O)Nc1cc(C)ccn1. The number of nitrogens with zero attached hydrogens (tertiary/aromatic N) is 1. The molecule has 21 heavy (non-hydrogen) atoms. The second kappa shape index (κ2) is 7.28. The summed E-state index contributed by atoms with van der Waals surface area (Å²) < 4.78 is 10.7. The molecule has 0 aliphatic carbocycles. The minimum Gasteiger partial charge on any atom is -0.493 e. The number of carbonyl (C=O) groups is 1. The number of carbonyl (C=O) groups excluding carboxylic acids is 1. The first-order chi connectivity index (χ1) is 10.2. The number of ether oxygens (including phenoxy) is 2. The Morgan fingerprint density at radius 2 is 2.00 bits per heavy atom. The topological polar surface area (TPSA) is 60.5 Å². The Morgan fingerprint density at radius 1 is 1.24 bits per heavy atom. The van der Waals surface area contributed by atoms with Gasteiger partial charge < -0.3 is 14.8 Å². The van der Waals surface area contributed by atoms with E-state index in [4.69, 9.17) is 9.47 Å². The summed E-state index contributed by atoms with van der Waals surface area (Å²) in [6, 6.07) is 11.0. The van der Waals surface area contributed by atoms with Gasteiger partial charge >= 0.3 is 0 Å². The number of pyridine rings is 1. The molecule has 0 aliphatic heterocycles. The van der Waals surface area contributed by atoms with E-state index in [-0.39, 0.29) is 18.9 Å². The van der Waals surface area contributed by atoms with E-state index in [1.807, 2.05) is 37.3 Å². The third kappa shape index (κ3) is 4.49. The molecule has 1 aromatic heterocycles. The molecular weight excluding hydrogens is 268 g/mol. The summed E-state index contributed by atoms with van der Waals surface area (Å²) in [5.74, 6) is 1.69. The number of benzene rings is 1. The lowest BCUT2D eigenvalue weighted by Gasteiger charge is -2.10. The molecule has 1 amide bonds. The molecule has 1 heterocycles. The molecule has 5 heteroatoms. The lowest BCUT2D eigenvalue weighted by atomic mass is 10.3. The van der Waals surface area contributed by atoms with Gasteiger partial charge in [-0.3, -0.25) is 4.79 Å². The maximum Gasteiger partial charge on any atom is 0.228 e. The maximum atomic E-state index is 11.8. The number of methoxy groups -OCH3 is 1. The monoisotopic (exact) mass is 286 g/mol. The highest BCUT2D eigenvalue weighted by atomic mass is 16.5. The van der Waals surface area contributed by atoms with Crippen molar-refractivity contribution in [1.29, 1.82) is 0 Å². The van der Waals surface area contributed by atoms with Crippen LogP contribution in [0.1, 0.15) is 12.0 Å². The number of aromatic nitrogens is 1. The molecule has 1 aromatic carbocycles. The van der Waals surface area contributed by atoms with Crippen molar-refractivity contribution >= 4 is 11.7 Å². The van der Waals surface area contributed by atoms with Crippen molar-refractivity contribution in [3.63, 3.8) is 0 Å². The van der Waals surface area contributed by atoms with Crippen LogP contribution in [0.15, 0.2) is 42.6 Å². The van der Waals surface area contributed by atoms with Gasteiger partial charge in [0.25, 0.3) is 0 Å². The molecule has 0 saturated heterocycles. The Morgan fingerprint density at radius 3 is 2.71 bits per heavy atom. The Labute approximate surface area is 123 Å². The standard InChI is InChI=1S/C16H18N2O3/c1-12-7-9-17-15(11-12)18-16(19)8-10-21-14-6-4-3-5-13(14)20-2/h3-7,9,11H,8,10H2,1-2H3,(H,17,18,19). The van der Waals surface area contributed by atoms with E-state index < -0.39 is 0 Å². The van der Waals surface area contributed by atoms with Crippen molar-refractivity contribution in [1.82, 2.24) is 4.98 Å². The van der Waals surface area contributed by atoms with Gasteiger partial charge in [-0.15, -0.1) is 0 Å². The van der Waals surface area contributed by atoms with Gasteiger partial charge in [-0.25, -0.2) is 4.98 Å². The van der Waals surface area contributed by atoms with E-state index in [1.165, 1.54) is 0 Å². The zero-order chi connectivity index (χ0) is 15.1. The molecular formula is C16H18N2O3. The summed E-state index contributed by atoms with van der Waals surface area (Å²) >= 11 is 0. The second-order valence-electron chi connectivity index (χ2n) is 4.52. The van der Waals surface area contributed by atoms with Crippen LogP contribution in [0.5, 0.6) is 11.5 Å². The van der Waals surface area contributed by atoms with Crippen LogP contribution in [0.25, 0.3) is 0 Å². The molecule has 0 fully saturated rings. The third-order valence-corrected chi connectivity index (χ3v) is 2.84. The van der Waals surface area contributed by atoms with Crippen molar-refractivity contribution in [3.8, 4) is 11.5 Å². The van der Waals surface area contributed by atoms with E-state index in [0.29, 0.717) is 17.3 Å². The molecule has 0 unspecified atom stereocenters. The quantitative estimate of drug-likeness (QED) is 0.887. The molecule has 110 valence electrons. The average Bonchev–Trinajstić information content (AvgIpc) is 2.47. The molecule has 1 N–H and O–H groups in total. The van der Waals surface area contributed by atoms with Gasteiger partial charge in [-0.2, -0.15) is 0 Å². The predicted molar refractivity (Wildman–Crippen MR) is 80.7 cm³/mol. The molecule has 0 radical (unpaired) electrons. The van der Waals surface area contributed by atoms with Crippen molar-refractivity contribution < 1.29 is 14.3 Å². The first-order valence-electron chi connectivity index (χ1n) is 6.67. The summed E-state index contributed by atoms with van der Waals surface area (Å²) in [5, 5.41) is 2.74. The maximum absolute atomic E-state index is 11.8. The Hall–Kier alpha value is -2.56. The summed E-state index contributed by atoms with van der Waals surface area (Å²) in [6.07, 6.45) is 1.91. The fourth-order valence-electron chi connectivity index (χ4n) is 1.80. The molecule has 0 spiro atoms. The number of rotatable bonds is 6. The lowest BCUT2D eigenvalue weighted by molar-refractivity contribution is -0.116. The lowest BCUT2D eigenvalue weighted by Crippen LogP contribution is -2.16. The molecule has 0 aliphatic rings. The highest BCUT2D eigenvalue weighted by Gasteiger charge is 2.06. The van der Waals surface area contributed by atoms with Crippen LogP contribution in [0.2, 0.25) is 0 Å². The number of hydrogen-bond acceptors (Lipinski definition) is 4. The smallest absolute Gasteiger partial charge is 0.228 e. The van der Waals surface area contributed by atoms with Crippen molar-refractivity contribution in [2.45, 2.75) is 13.3 Å². The number of para-hydroxylation sites is 2. The Bertz CT molecular complexity index is 614. The first kappa shape index (κ1) is 14.8. The van der Waals surface area contributed by atoms with Crippen LogP contribution in [0.4, 0.5) is 5.82 Å². The Kier molecular flexibility index (Phi) is 5.15. The van der Waals surface area contributed by atoms with E-state index in [2.05, 4.69) is 10.3 Å². The van der Waals surface area contributed by atoms with Gasteiger partial charge in [0.2, 0.25) is 5.91 Å². The van der Waals surface area contributed by atoms with Crippen molar-refractivity contribution in [3.05, 3.63) is 48.2 Å². The van der Waals surface area contributed by atoms with Crippen LogP contribution < -0.4 is 14.8 Å². The summed E-state index contributed by atoms with van der Waals surface area (Å²) in [4.78, 5) is 15.9.